The molecule has 106 valence electrons. The molecular weight excluding hydrogens is 238 g/mol. The van der Waals surface area contributed by atoms with Gasteiger partial charge in [-0.2, -0.15) is 0 Å². The van der Waals surface area contributed by atoms with Gasteiger partial charge in [-0.05, 0) is 39.3 Å². The summed E-state index contributed by atoms with van der Waals surface area (Å²) >= 11 is 0. The molecule has 1 rings (SSSR count). The monoisotopic (exact) mass is 263 g/mol. The van der Waals surface area contributed by atoms with Gasteiger partial charge in [0, 0.05) is 23.7 Å². The van der Waals surface area contributed by atoms with Crippen molar-refractivity contribution in [3.05, 3.63) is 24.0 Å². The predicted octanol–water partition coefficient (Wildman–Crippen LogP) is 2.74. The highest BCUT2D eigenvalue weighted by Crippen LogP contribution is 2.30. The number of aryl methyl sites for hydroxylation is 1. The zero-order chi connectivity index (χ0) is 14.7. The van der Waals surface area contributed by atoms with Gasteiger partial charge in [-0.3, -0.25) is 9.78 Å². The molecule has 1 aromatic heterocycles. The van der Waals surface area contributed by atoms with Crippen LogP contribution in [0.4, 0.5) is 5.69 Å². The highest BCUT2D eigenvalue weighted by atomic mass is 16.2. The Kier molecular flexibility index (Phi) is 4.56. The first kappa shape index (κ1) is 15.5. The van der Waals surface area contributed by atoms with Crippen molar-refractivity contribution in [2.75, 3.05) is 12.4 Å². The van der Waals surface area contributed by atoms with Crippen LogP contribution in [0, 0.1) is 12.3 Å². The average molecular weight is 263 g/mol. The van der Waals surface area contributed by atoms with Crippen LogP contribution in [0.2, 0.25) is 0 Å². The highest BCUT2D eigenvalue weighted by Gasteiger charge is 2.34. The van der Waals surface area contributed by atoms with Crippen molar-refractivity contribution in [2.45, 2.75) is 46.6 Å². The lowest BCUT2D eigenvalue weighted by molar-refractivity contribution is -0.129. The van der Waals surface area contributed by atoms with E-state index in [1.54, 1.807) is 7.05 Å². The third-order valence-electron chi connectivity index (χ3n) is 3.12. The van der Waals surface area contributed by atoms with Gasteiger partial charge in [0.15, 0.2) is 0 Å². The molecule has 0 unspecified atom stereocenters. The maximum atomic E-state index is 11.9. The van der Waals surface area contributed by atoms with E-state index in [9.17, 15) is 4.79 Å². The molecule has 1 aromatic rings. The molecule has 0 aromatic carbocycles. The lowest BCUT2D eigenvalue weighted by atomic mass is 9.79. The molecule has 0 saturated heterocycles. The van der Waals surface area contributed by atoms with E-state index in [1.165, 1.54) is 0 Å². The number of hydrogen-bond donors (Lipinski definition) is 2. The van der Waals surface area contributed by atoms with Gasteiger partial charge in [0.25, 0.3) is 0 Å². The molecule has 1 heterocycles. The molecule has 4 nitrogen and oxygen atoms in total. The smallest absolute Gasteiger partial charge is 0.225 e. The number of amides is 1. The molecule has 0 bridgehead atoms. The van der Waals surface area contributed by atoms with Gasteiger partial charge in [-0.1, -0.05) is 13.8 Å². The first-order valence-electron chi connectivity index (χ1n) is 6.59. The van der Waals surface area contributed by atoms with Gasteiger partial charge in [0.2, 0.25) is 5.91 Å². The minimum Gasteiger partial charge on any atom is -0.379 e. The quantitative estimate of drug-likeness (QED) is 0.859. The molecule has 0 aliphatic heterocycles. The van der Waals surface area contributed by atoms with Crippen LogP contribution in [-0.4, -0.2) is 23.5 Å². The van der Waals surface area contributed by atoms with E-state index in [4.69, 9.17) is 0 Å². The van der Waals surface area contributed by atoms with E-state index in [2.05, 4.69) is 29.5 Å². The standard InChI is InChI=1S/C15H25N3O/c1-11-7-8-12(9-17-11)18-15(4,5)10-14(2,3)13(19)16-6/h7-9,18H,10H2,1-6H3,(H,16,19). The molecule has 0 aliphatic carbocycles. The Morgan fingerprint density at radius 2 is 1.89 bits per heavy atom. The Morgan fingerprint density at radius 1 is 1.26 bits per heavy atom. The number of nitrogens with one attached hydrogen (secondary N) is 2. The summed E-state index contributed by atoms with van der Waals surface area (Å²) in [6.07, 6.45) is 2.55. The van der Waals surface area contributed by atoms with Crippen molar-refractivity contribution >= 4 is 11.6 Å². The summed E-state index contributed by atoms with van der Waals surface area (Å²) in [6.45, 7) is 10.1. The van der Waals surface area contributed by atoms with Crippen LogP contribution in [0.25, 0.3) is 0 Å². The second-order valence-electron chi connectivity index (χ2n) is 6.34. The Bertz CT molecular complexity index is 435. The number of carbonyl (C=O) groups excluding carboxylic acids is 1. The maximum Gasteiger partial charge on any atom is 0.225 e. The second-order valence-corrected chi connectivity index (χ2v) is 6.34. The van der Waals surface area contributed by atoms with Gasteiger partial charge in [-0.25, -0.2) is 0 Å². The molecule has 0 fully saturated rings. The molecule has 1 amide bonds. The van der Waals surface area contributed by atoms with Crippen molar-refractivity contribution in [3.8, 4) is 0 Å². The third kappa shape index (κ3) is 4.54. The zero-order valence-electron chi connectivity index (χ0n) is 12.8. The van der Waals surface area contributed by atoms with Crippen LogP contribution >= 0.6 is 0 Å². The number of aromatic nitrogens is 1. The molecule has 0 saturated carbocycles. The van der Waals surface area contributed by atoms with Crippen LogP contribution in [0.1, 0.15) is 39.8 Å². The summed E-state index contributed by atoms with van der Waals surface area (Å²) < 4.78 is 0. The van der Waals surface area contributed by atoms with Gasteiger partial charge < -0.3 is 10.6 Å². The van der Waals surface area contributed by atoms with Gasteiger partial charge in [-0.15, -0.1) is 0 Å². The summed E-state index contributed by atoms with van der Waals surface area (Å²) in [4.78, 5) is 16.1. The fourth-order valence-electron chi connectivity index (χ4n) is 2.50. The summed E-state index contributed by atoms with van der Waals surface area (Å²) in [5.74, 6) is 0.0596. The number of anilines is 1. The van der Waals surface area contributed by atoms with Crippen molar-refractivity contribution in [2.24, 2.45) is 5.41 Å². The zero-order valence-corrected chi connectivity index (χ0v) is 12.8. The minimum absolute atomic E-state index is 0.0596. The number of hydrogen-bond acceptors (Lipinski definition) is 3. The Hall–Kier alpha value is -1.58. The number of pyridine rings is 1. The first-order valence-corrected chi connectivity index (χ1v) is 6.59. The third-order valence-corrected chi connectivity index (χ3v) is 3.12. The molecular formula is C15H25N3O. The SMILES string of the molecule is CNC(=O)C(C)(C)CC(C)(C)Nc1ccc(C)nc1. The van der Waals surface area contributed by atoms with Gasteiger partial charge in [0.1, 0.15) is 0 Å². The fraction of sp³-hybridized carbons (Fsp3) is 0.600. The molecule has 0 aliphatic rings. The van der Waals surface area contributed by atoms with Crippen molar-refractivity contribution in [1.82, 2.24) is 10.3 Å². The van der Waals surface area contributed by atoms with Gasteiger partial charge in [0.05, 0.1) is 11.9 Å². The highest BCUT2D eigenvalue weighted by molar-refractivity contribution is 5.81. The predicted molar refractivity (Wildman–Crippen MR) is 79.1 cm³/mol. The maximum absolute atomic E-state index is 11.9. The number of rotatable bonds is 5. The second kappa shape index (κ2) is 5.59. The molecule has 0 radical (unpaired) electrons. The lowest BCUT2D eigenvalue weighted by Crippen LogP contribution is -2.43. The number of nitrogens with zero attached hydrogens (tertiary/aromatic N) is 1. The molecule has 2 N–H and O–H groups in total. The first-order chi connectivity index (χ1) is 8.66. The topological polar surface area (TPSA) is 54.0 Å². The van der Waals surface area contributed by atoms with Crippen molar-refractivity contribution in [1.29, 1.82) is 0 Å². The molecule has 19 heavy (non-hydrogen) atoms. The fourth-order valence-corrected chi connectivity index (χ4v) is 2.50. The molecule has 4 heteroatoms. The summed E-state index contributed by atoms with van der Waals surface area (Å²) in [7, 11) is 1.68. The van der Waals surface area contributed by atoms with Gasteiger partial charge >= 0.3 is 0 Å². The molecule has 0 spiro atoms. The Labute approximate surface area is 116 Å². The van der Waals surface area contributed by atoms with E-state index in [-0.39, 0.29) is 11.4 Å². The average Bonchev–Trinajstić information content (AvgIpc) is 2.29. The van der Waals surface area contributed by atoms with Crippen LogP contribution in [0.5, 0.6) is 0 Å². The van der Waals surface area contributed by atoms with E-state index in [0.717, 1.165) is 17.8 Å². The summed E-state index contributed by atoms with van der Waals surface area (Å²) in [6, 6.07) is 3.99. The lowest BCUT2D eigenvalue weighted by Gasteiger charge is -2.35. The van der Waals surface area contributed by atoms with Crippen LogP contribution in [-0.2, 0) is 4.79 Å². The number of carbonyl (C=O) groups is 1. The van der Waals surface area contributed by atoms with E-state index < -0.39 is 5.41 Å². The largest absolute Gasteiger partial charge is 0.379 e. The van der Waals surface area contributed by atoms with E-state index >= 15 is 0 Å². The van der Waals surface area contributed by atoms with Crippen LogP contribution in [0.15, 0.2) is 18.3 Å². The van der Waals surface area contributed by atoms with E-state index in [1.807, 2.05) is 39.1 Å². The Balaban J connectivity index is 2.76. The van der Waals surface area contributed by atoms with Crippen LogP contribution in [0.3, 0.4) is 0 Å². The Morgan fingerprint density at radius 3 is 2.37 bits per heavy atom. The normalized spacial score (nSPS) is 12.1. The van der Waals surface area contributed by atoms with Crippen molar-refractivity contribution in [3.63, 3.8) is 0 Å². The van der Waals surface area contributed by atoms with Crippen LogP contribution < -0.4 is 10.6 Å². The summed E-state index contributed by atoms with van der Waals surface area (Å²) in [5.41, 5.74) is 1.37. The summed E-state index contributed by atoms with van der Waals surface area (Å²) in [5, 5.41) is 6.16. The molecule has 0 atom stereocenters. The van der Waals surface area contributed by atoms with Crippen molar-refractivity contribution < 1.29 is 4.79 Å². The minimum atomic E-state index is -0.413. The van der Waals surface area contributed by atoms with E-state index in [0.29, 0.717) is 0 Å².